The lowest BCUT2D eigenvalue weighted by atomic mass is 10.1. The molecule has 1 aliphatic heterocycles. The van der Waals surface area contributed by atoms with Gasteiger partial charge in [-0.2, -0.15) is 0 Å². The SMILES string of the molecule is CC(C)NS(=O)(=O)c1cccc(C(=O)NC2CCCNC2)c1. The number of rotatable bonds is 5. The van der Waals surface area contributed by atoms with Gasteiger partial charge in [-0.15, -0.1) is 0 Å². The summed E-state index contributed by atoms with van der Waals surface area (Å²) in [4.78, 5) is 12.4. The van der Waals surface area contributed by atoms with Crippen molar-refractivity contribution in [3.05, 3.63) is 29.8 Å². The van der Waals surface area contributed by atoms with Crippen molar-refractivity contribution in [3.63, 3.8) is 0 Å². The van der Waals surface area contributed by atoms with Crippen LogP contribution in [0.1, 0.15) is 37.0 Å². The van der Waals surface area contributed by atoms with Gasteiger partial charge in [-0.05, 0) is 51.4 Å². The number of piperidine rings is 1. The minimum Gasteiger partial charge on any atom is -0.348 e. The molecule has 22 heavy (non-hydrogen) atoms. The highest BCUT2D eigenvalue weighted by Gasteiger charge is 2.19. The molecule has 1 unspecified atom stereocenters. The highest BCUT2D eigenvalue weighted by molar-refractivity contribution is 7.89. The first-order valence-corrected chi connectivity index (χ1v) is 9.01. The van der Waals surface area contributed by atoms with Gasteiger partial charge in [-0.25, -0.2) is 13.1 Å². The van der Waals surface area contributed by atoms with Crippen molar-refractivity contribution in [1.29, 1.82) is 0 Å². The maximum Gasteiger partial charge on any atom is 0.251 e. The van der Waals surface area contributed by atoms with E-state index in [-0.39, 0.29) is 22.9 Å². The van der Waals surface area contributed by atoms with Crippen molar-refractivity contribution in [3.8, 4) is 0 Å². The van der Waals surface area contributed by atoms with Crippen LogP contribution in [0.2, 0.25) is 0 Å². The third-order valence-corrected chi connectivity index (χ3v) is 5.09. The summed E-state index contributed by atoms with van der Waals surface area (Å²) in [6.07, 6.45) is 1.96. The Labute approximate surface area is 131 Å². The van der Waals surface area contributed by atoms with E-state index in [1.54, 1.807) is 26.0 Å². The van der Waals surface area contributed by atoms with Crippen LogP contribution in [-0.4, -0.2) is 39.5 Å². The second-order valence-electron chi connectivity index (χ2n) is 5.82. The molecule has 1 saturated heterocycles. The molecule has 0 bridgehead atoms. The number of nitrogens with one attached hydrogen (secondary N) is 3. The molecule has 1 aromatic rings. The zero-order valence-electron chi connectivity index (χ0n) is 12.9. The Hall–Kier alpha value is -1.44. The topological polar surface area (TPSA) is 87.3 Å². The predicted molar refractivity (Wildman–Crippen MR) is 85.3 cm³/mol. The first-order chi connectivity index (χ1) is 10.4. The number of carbonyl (C=O) groups excluding carboxylic acids is 1. The molecule has 1 aliphatic rings. The fraction of sp³-hybridized carbons (Fsp3) is 0.533. The second-order valence-corrected chi connectivity index (χ2v) is 7.53. The molecule has 1 aromatic carbocycles. The van der Waals surface area contributed by atoms with Crippen molar-refractivity contribution in [2.75, 3.05) is 13.1 Å². The zero-order valence-corrected chi connectivity index (χ0v) is 13.7. The summed E-state index contributed by atoms with van der Waals surface area (Å²) in [7, 11) is -3.59. The van der Waals surface area contributed by atoms with Gasteiger partial charge in [-0.3, -0.25) is 4.79 Å². The highest BCUT2D eigenvalue weighted by Crippen LogP contribution is 2.13. The number of amides is 1. The predicted octanol–water partition coefficient (Wildman–Crippen LogP) is 0.855. The molecular formula is C15H23N3O3S. The normalized spacial score (nSPS) is 19.1. The van der Waals surface area contributed by atoms with Gasteiger partial charge in [0.15, 0.2) is 0 Å². The number of hydrogen-bond donors (Lipinski definition) is 3. The van der Waals surface area contributed by atoms with Gasteiger partial charge in [0.1, 0.15) is 0 Å². The Morgan fingerprint density at radius 3 is 2.77 bits per heavy atom. The monoisotopic (exact) mass is 325 g/mol. The molecule has 1 atom stereocenters. The third kappa shape index (κ3) is 4.53. The number of hydrogen-bond acceptors (Lipinski definition) is 4. The highest BCUT2D eigenvalue weighted by atomic mass is 32.2. The summed E-state index contributed by atoms with van der Waals surface area (Å²) in [6.45, 7) is 5.23. The summed E-state index contributed by atoms with van der Waals surface area (Å²) in [5.41, 5.74) is 0.359. The standard InChI is InChI=1S/C15H23N3O3S/c1-11(2)18-22(20,21)14-7-3-5-12(9-14)15(19)17-13-6-4-8-16-10-13/h3,5,7,9,11,13,16,18H,4,6,8,10H2,1-2H3,(H,17,19). The molecule has 3 N–H and O–H groups in total. The van der Waals surface area contributed by atoms with Crippen molar-refractivity contribution in [1.82, 2.24) is 15.4 Å². The zero-order chi connectivity index (χ0) is 16.2. The number of carbonyl (C=O) groups is 1. The van der Waals surface area contributed by atoms with Crippen LogP contribution in [0, 0.1) is 0 Å². The van der Waals surface area contributed by atoms with Gasteiger partial charge >= 0.3 is 0 Å². The Kier molecular flexibility index (Phi) is 5.55. The molecule has 6 nitrogen and oxygen atoms in total. The second kappa shape index (κ2) is 7.21. The van der Waals surface area contributed by atoms with Crippen LogP contribution in [0.3, 0.4) is 0 Å². The maximum absolute atomic E-state index is 12.3. The third-order valence-electron chi connectivity index (χ3n) is 3.43. The number of sulfonamides is 1. The van der Waals surface area contributed by atoms with Crippen molar-refractivity contribution in [2.45, 2.75) is 43.7 Å². The smallest absolute Gasteiger partial charge is 0.251 e. The van der Waals surface area contributed by atoms with Crippen LogP contribution in [-0.2, 0) is 10.0 Å². The molecule has 0 aromatic heterocycles. The Morgan fingerprint density at radius 2 is 2.14 bits per heavy atom. The molecule has 1 fully saturated rings. The molecule has 0 aliphatic carbocycles. The van der Waals surface area contributed by atoms with Gasteiger partial charge in [0.2, 0.25) is 10.0 Å². The van der Waals surface area contributed by atoms with Gasteiger partial charge in [0, 0.05) is 24.2 Å². The molecule has 122 valence electrons. The average molecular weight is 325 g/mol. The van der Waals surface area contributed by atoms with Gasteiger partial charge in [0.25, 0.3) is 5.91 Å². The fourth-order valence-electron chi connectivity index (χ4n) is 2.43. The maximum atomic E-state index is 12.3. The minimum atomic E-state index is -3.59. The van der Waals surface area contributed by atoms with E-state index in [1.165, 1.54) is 12.1 Å². The van der Waals surface area contributed by atoms with E-state index < -0.39 is 10.0 Å². The minimum absolute atomic E-state index is 0.0929. The van der Waals surface area contributed by atoms with Crippen LogP contribution in [0.5, 0.6) is 0 Å². The number of benzene rings is 1. The van der Waals surface area contributed by atoms with Crippen LogP contribution < -0.4 is 15.4 Å². The van der Waals surface area contributed by atoms with E-state index in [1.807, 2.05) is 0 Å². The lowest BCUT2D eigenvalue weighted by molar-refractivity contribution is 0.0930. The van der Waals surface area contributed by atoms with E-state index in [2.05, 4.69) is 15.4 Å². The molecule has 0 saturated carbocycles. The molecule has 1 amide bonds. The summed E-state index contributed by atoms with van der Waals surface area (Å²) in [6, 6.07) is 6.01. The summed E-state index contributed by atoms with van der Waals surface area (Å²) < 4.78 is 26.8. The van der Waals surface area contributed by atoms with Crippen LogP contribution in [0.25, 0.3) is 0 Å². The van der Waals surface area contributed by atoms with Gasteiger partial charge in [0.05, 0.1) is 4.90 Å². The van der Waals surface area contributed by atoms with Gasteiger partial charge in [-0.1, -0.05) is 6.07 Å². The van der Waals surface area contributed by atoms with E-state index in [0.717, 1.165) is 25.9 Å². The largest absolute Gasteiger partial charge is 0.348 e. The van der Waals surface area contributed by atoms with E-state index in [4.69, 9.17) is 0 Å². The van der Waals surface area contributed by atoms with Crippen molar-refractivity contribution in [2.24, 2.45) is 0 Å². The average Bonchev–Trinajstić information content (AvgIpc) is 2.47. The molecule has 1 heterocycles. The molecule has 2 rings (SSSR count). The fourth-order valence-corrected chi connectivity index (χ4v) is 3.72. The molecule has 7 heteroatoms. The van der Waals surface area contributed by atoms with E-state index >= 15 is 0 Å². The Morgan fingerprint density at radius 1 is 1.36 bits per heavy atom. The Bertz CT molecular complexity index is 623. The van der Waals surface area contributed by atoms with Crippen LogP contribution >= 0.6 is 0 Å². The molecule has 0 spiro atoms. The molecule has 0 radical (unpaired) electrons. The summed E-state index contributed by atoms with van der Waals surface area (Å²) >= 11 is 0. The van der Waals surface area contributed by atoms with Crippen molar-refractivity contribution < 1.29 is 13.2 Å². The summed E-state index contributed by atoms with van der Waals surface area (Å²) in [5.74, 6) is -0.240. The van der Waals surface area contributed by atoms with Crippen LogP contribution in [0.4, 0.5) is 0 Å². The van der Waals surface area contributed by atoms with Crippen LogP contribution in [0.15, 0.2) is 29.2 Å². The van der Waals surface area contributed by atoms with Gasteiger partial charge < -0.3 is 10.6 Å². The lowest BCUT2D eigenvalue weighted by Crippen LogP contribution is -2.45. The Balaban J connectivity index is 2.12. The lowest BCUT2D eigenvalue weighted by Gasteiger charge is -2.23. The first-order valence-electron chi connectivity index (χ1n) is 7.52. The van der Waals surface area contributed by atoms with E-state index in [0.29, 0.717) is 5.56 Å². The quantitative estimate of drug-likeness (QED) is 0.749. The first kappa shape index (κ1) is 16.9. The summed E-state index contributed by atoms with van der Waals surface area (Å²) in [5, 5.41) is 6.17. The van der Waals surface area contributed by atoms with Crippen molar-refractivity contribution >= 4 is 15.9 Å². The van der Waals surface area contributed by atoms with E-state index in [9.17, 15) is 13.2 Å². The molecular weight excluding hydrogens is 302 g/mol.